The van der Waals surface area contributed by atoms with E-state index in [-0.39, 0.29) is 18.0 Å². The molecule has 0 saturated heterocycles. The highest BCUT2D eigenvalue weighted by molar-refractivity contribution is 5.95. The number of amides is 1. The van der Waals surface area contributed by atoms with Gasteiger partial charge in [-0.05, 0) is 32.9 Å². The molecule has 5 heteroatoms. The van der Waals surface area contributed by atoms with Gasteiger partial charge in [0.15, 0.2) is 0 Å². The molecule has 0 aliphatic rings. The molecule has 3 nitrogen and oxygen atoms in total. The van der Waals surface area contributed by atoms with E-state index in [0.29, 0.717) is 6.54 Å². The molecule has 3 N–H and O–H groups in total. The Bertz CT molecular complexity index is 407. The molecule has 0 atom stereocenters. The molecule has 17 heavy (non-hydrogen) atoms. The Labute approximate surface area is 107 Å². The van der Waals surface area contributed by atoms with E-state index < -0.39 is 17.3 Å². The minimum atomic E-state index is -0.534. The highest BCUT2D eigenvalue weighted by Gasteiger charge is 2.21. The van der Waals surface area contributed by atoms with Gasteiger partial charge < -0.3 is 11.1 Å². The first-order valence-corrected chi connectivity index (χ1v) is 5.14. The molecule has 0 heterocycles. The molecule has 0 saturated carbocycles. The Balaban J connectivity index is 0.00000256. The van der Waals surface area contributed by atoms with Gasteiger partial charge in [-0.2, -0.15) is 0 Å². The number of hydrogen-bond acceptors (Lipinski definition) is 2. The zero-order valence-corrected chi connectivity index (χ0v) is 11.0. The van der Waals surface area contributed by atoms with Crippen molar-refractivity contribution in [1.29, 1.82) is 0 Å². The lowest BCUT2D eigenvalue weighted by molar-refractivity contribution is 0.0911. The van der Waals surface area contributed by atoms with Crippen molar-refractivity contribution in [1.82, 2.24) is 5.32 Å². The highest BCUT2D eigenvalue weighted by atomic mass is 35.5. The summed E-state index contributed by atoms with van der Waals surface area (Å²) in [5, 5.41) is 2.69. The molecule has 0 aromatic heterocycles. The van der Waals surface area contributed by atoms with Crippen molar-refractivity contribution in [2.75, 3.05) is 6.54 Å². The minimum Gasteiger partial charge on any atom is -0.346 e. The van der Waals surface area contributed by atoms with Gasteiger partial charge in [0.25, 0.3) is 5.91 Å². The van der Waals surface area contributed by atoms with Gasteiger partial charge in [0.1, 0.15) is 5.82 Å². The van der Waals surface area contributed by atoms with Crippen LogP contribution in [0, 0.1) is 12.7 Å². The third-order valence-electron chi connectivity index (χ3n) is 2.33. The second kappa shape index (κ2) is 5.98. The number of hydrogen-bond donors (Lipinski definition) is 2. The molecule has 1 aromatic rings. The monoisotopic (exact) mass is 260 g/mol. The number of aryl methyl sites for hydroxylation is 1. The lowest BCUT2D eigenvalue weighted by atomic mass is 10.0. The van der Waals surface area contributed by atoms with Gasteiger partial charge in [-0.25, -0.2) is 4.39 Å². The number of carbonyl (C=O) groups excluding carboxylic acids is 1. The number of carbonyl (C=O) groups is 1. The number of rotatable bonds is 3. The van der Waals surface area contributed by atoms with Crippen LogP contribution >= 0.6 is 12.4 Å². The normalized spacial score (nSPS) is 10.6. The number of benzene rings is 1. The first-order valence-electron chi connectivity index (χ1n) is 5.14. The summed E-state index contributed by atoms with van der Waals surface area (Å²) in [7, 11) is 0. The van der Waals surface area contributed by atoms with Crippen LogP contribution in [0.3, 0.4) is 0 Å². The van der Waals surface area contributed by atoms with E-state index >= 15 is 0 Å². The van der Waals surface area contributed by atoms with E-state index in [1.54, 1.807) is 19.9 Å². The predicted octanol–water partition coefficient (Wildman–Crippen LogP) is 2.02. The third kappa shape index (κ3) is 4.32. The Morgan fingerprint density at radius 1 is 1.47 bits per heavy atom. The Morgan fingerprint density at radius 2 is 2.06 bits per heavy atom. The van der Waals surface area contributed by atoms with Crippen molar-refractivity contribution in [2.45, 2.75) is 26.3 Å². The fraction of sp³-hybridized carbons (Fsp3) is 0.417. The lowest BCUT2D eigenvalue weighted by Gasteiger charge is -2.24. The fourth-order valence-corrected chi connectivity index (χ4v) is 1.24. The van der Waals surface area contributed by atoms with Crippen LogP contribution in [-0.4, -0.2) is 18.0 Å². The molecule has 0 bridgehead atoms. The average Bonchev–Trinajstić information content (AvgIpc) is 2.21. The van der Waals surface area contributed by atoms with Crippen molar-refractivity contribution in [2.24, 2.45) is 5.73 Å². The van der Waals surface area contributed by atoms with Gasteiger partial charge in [0.2, 0.25) is 0 Å². The van der Waals surface area contributed by atoms with Crippen LogP contribution in [-0.2, 0) is 0 Å². The summed E-state index contributed by atoms with van der Waals surface area (Å²) in [4.78, 5) is 11.8. The average molecular weight is 261 g/mol. The van der Waals surface area contributed by atoms with Gasteiger partial charge in [0, 0.05) is 12.1 Å². The summed E-state index contributed by atoms with van der Waals surface area (Å²) in [5.41, 5.74) is 5.86. The zero-order chi connectivity index (χ0) is 12.3. The second-order valence-corrected chi connectivity index (χ2v) is 4.53. The molecule has 1 rings (SSSR count). The Hall–Kier alpha value is -1.13. The topological polar surface area (TPSA) is 55.1 Å². The standard InChI is InChI=1S/C12H17FN2O.ClH/c1-8-4-5-10(13)9(6-8)11(16)15-12(2,3)7-14;/h4-6H,7,14H2,1-3H3,(H,15,16);1H. The zero-order valence-electron chi connectivity index (χ0n) is 10.2. The van der Waals surface area contributed by atoms with E-state index in [4.69, 9.17) is 5.73 Å². The summed E-state index contributed by atoms with van der Waals surface area (Å²) in [6.45, 7) is 5.69. The molecular formula is C12H18ClFN2O. The van der Waals surface area contributed by atoms with Crippen LogP contribution in [0.5, 0.6) is 0 Å². The molecule has 0 fully saturated rings. The minimum absolute atomic E-state index is 0. The lowest BCUT2D eigenvalue weighted by Crippen LogP contribution is -2.49. The SMILES string of the molecule is Cc1ccc(F)c(C(=O)NC(C)(C)CN)c1.Cl. The maximum Gasteiger partial charge on any atom is 0.254 e. The summed E-state index contributed by atoms with van der Waals surface area (Å²) in [6.07, 6.45) is 0. The molecule has 0 aliphatic carbocycles. The summed E-state index contributed by atoms with van der Waals surface area (Å²) in [6, 6.07) is 4.44. The molecule has 0 aliphatic heterocycles. The Kier molecular flexibility index (Phi) is 5.58. The van der Waals surface area contributed by atoms with Crippen LogP contribution in [0.1, 0.15) is 29.8 Å². The number of nitrogens with one attached hydrogen (secondary N) is 1. The molecule has 0 unspecified atom stereocenters. The van der Waals surface area contributed by atoms with Gasteiger partial charge >= 0.3 is 0 Å². The maximum absolute atomic E-state index is 13.4. The van der Waals surface area contributed by atoms with E-state index in [0.717, 1.165) is 5.56 Å². The fourth-order valence-electron chi connectivity index (χ4n) is 1.24. The van der Waals surface area contributed by atoms with Crippen LogP contribution in [0.4, 0.5) is 4.39 Å². The number of nitrogens with two attached hydrogens (primary N) is 1. The molecule has 0 spiro atoms. The quantitative estimate of drug-likeness (QED) is 0.874. The van der Waals surface area contributed by atoms with Crippen molar-refractivity contribution in [3.63, 3.8) is 0 Å². The molecule has 96 valence electrons. The van der Waals surface area contributed by atoms with Gasteiger partial charge in [-0.15, -0.1) is 12.4 Å². The van der Waals surface area contributed by atoms with E-state index in [2.05, 4.69) is 5.32 Å². The van der Waals surface area contributed by atoms with Crippen molar-refractivity contribution >= 4 is 18.3 Å². The van der Waals surface area contributed by atoms with Crippen molar-refractivity contribution < 1.29 is 9.18 Å². The summed E-state index contributed by atoms with van der Waals surface area (Å²) >= 11 is 0. The molecule has 1 amide bonds. The summed E-state index contributed by atoms with van der Waals surface area (Å²) < 4.78 is 13.4. The van der Waals surface area contributed by atoms with E-state index in [1.807, 2.05) is 6.92 Å². The van der Waals surface area contributed by atoms with E-state index in [1.165, 1.54) is 12.1 Å². The number of halogens is 2. The first-order chi connectivity index (χ1) is 7.35. The van der Waals surface area contributed by atoms with Crippen LogP contribution in [0.25, 0.3) is 0 Å². The second-order valence-electron chi connectivity index (χ2n) is 4.53. The van der Waals surface area contributed by atoms with Crippen molar-refractivity contribution in [3.8, 4) is 0 Å². The van der Waals surface area contributed by atoms with Gasteiger partial charge in [0.05, 0.1) is 5.56 Å². The summed E-state index contributed by atoms with van der Waals surface area (Å²) in [5.74, 6) is -0.951. The maximum atomic E-state index is 13.4. The third-order valence-corrected chi connectivity index (χ3v) is 2.33. The first kappa shape index (κ1) is 15.9. The Morgan fingerprint density at radius 3 is 2.59 bits per heavy atom. The van der Waals surface area contributed by atoms with Crippen LogP contribution in [0.2, 0.25) is 0 Å². The molecule has 0 radical (unpaired) electrons. The molecular weight excluding hydrogens is 243 g/mol. The van der Waals surface area contributed by atoms with Gasteiger partial charge in [-0.3, -0.25) is 4.79 Å². The van der Waals surface area contributed by atoms with Crippen LogP contribution in [0.15, 0.2) is 18.2 Å². The predicted molar refractivity (Wildman–Crippen MR) is 69.0 cm³/mol. The highest BCUT2D eigenvalue weighted by Crippen LogP contribution is 2.11. The van der Waals surface area contributed by atoms with Crippen molar-refractivity contribution in [3.05, 3.63) is 35.1 Å². The van der Waals surface area contributed by atoms with E-state index in [9.17, 15) is 9.18 Å². The largest absolute Gasteiger partial charge is 0.346 e. The smallest absolute Gasteiger partial charge is 0.254 e. The van der Waals surface area contributed by atoms with Crippen LogP contribution < -0.4 is 11.1 Å². The van der Waals surface area contributed by atoms with Gasteiger partial charge in [-0.1, -0.05) is 11.6 Å². The molecule has 1 aromatic carbocycles.